The summed E-state index contributed by atoms with van der Waals surface area (Å²) in [5.74, 6) is 0.742. The van der Waals surface area contributed by atoms with Gasteiger partial charge in [0.05, 0.1) is 6.10 Å². The molecule has 2 aliphatic carbocycles. The summed E-state index contributed by atoms with van der Waals surface area (Å²) in [4.78, 5) is 0. The topological polar surface area (TPSA) is 21.3 Å². The molecule has 2 nitrogen and oxygen atoms in total. The van der Waals surface area contributed by atoms with Crippen LogP contribution in [0.15, 0.2) is 0 Å². The second-order valence-corrected chi connectivity index (χ2v) is 6.28. The normalized spacial score (nSPS) is 35.4. The minimum atomic E-state index is -4.21. The maximum Gasteiger partial charge on any atom is 0.411 e. The van der Waals surface area contributed by atoms with E-state index < -0.39 is 12.8 Å². The molecule has 0 amide bonds. The molecule has 4 unspecified atom stereocenters. The fourth-order valence-electron chi connectivity index (χ4n) is 3.71. The van der Waals surface area contributed by atoms with Crippen molar-refractivity contribution in [1.29, 1.82) is 0 Å². The Kier molecular flexibility index (Phi) is 5.73. The minimum absolute atomic E-state index is 0.232. The fraction of sp³-hybridized carbons (Fsp3) is 1.00. The van der Waals surface area contributed by atoms with Gasteiger partial charge in [0.25, 0.3) is 0 Å². The highest BCUT2D eigenvalue weighted by Crippen LogP contribution is 2.31. The quantitative estimate of drug-likeness (QED) is 0.826. The van der Waals surface area contributed by atoms with Crippen LogP contribution < -0.4 is 5.32 Å². The highest BCUT2D eigenvalue weighted by atomic mass is 19.4. The van der Waals surface area contributed by atoms with Gasteiger partial charge in [-0.2, -0.15) is 13.2 Å². The summed E-state index contributed by atoms with van der Waals surface area (Å²) < 4.78 is 41.6. The van der Waals surface area contributed by atoms with Gasteiger partial charge in [-0.25, -0.2) is 0 Å². The molecule has 0 bridgehead atoms. The molecule has 5 heteroatoms. The van der Waals surface area contributed by atoms with Crippen molar-refractivity contribution in [2.45, 2.75) is 82.7 Å². The molecule has 0 aromatic carbocycles. The van der Waals surface area contributed by atoms with E-state index >= 15 is 0 Å². The van der Waals surface area contributed by atoms with Gasteiger partial charge in [0.2, 0.25) is 0 Å². The van der Waals surface area contributed by atoms with Gasteiger partial charge in [-0.05, 0) is 44.4 Å². The van der Waals surface area contributed by atoms with Crippen LogP contribution in [0.3, 0.4) is 0 Å². The summed E-state index contributed by atoms with van der Waals surface area (Å²) >= 11 is 0. The lowest BCUT2D eigenvalue weighted by Gasteiger charge is -2.33. The highest BCUT2D eigenvalue weighted by Gasteiger charge is 2.33. The molecule has 0 aromatic rings. The van der Waals surface area contributed by atoms with Crippen LogP contribution in [0.1, 0.15) is 58.3 Å². The maximum absolute atomic E-state index is 12.2. The van der Waals surface area contributed by atoms with E-state index in [1.54, 1.807) is 0 Å². The number of nitrogens with one attached hydrogen (secondary N) is 1. The Morgan fingerprint density at radius 3 is 2.55 bits per heavy atom. The largest absolute Gasteiger partial charge is 0.411 e. The number of ether oxygens (including phenoxy) is 1. The van der Waals surface area contributed by atoms with Gasteiger partial charge < -0.3 is 10.1 Å². The molecule has 2 aliphatic rings. The van der Waals surface area contributed by atoms with Crippen molar-refractivity contribution in [3.05, 3.63) is 0 Å². The zero-order chi connectivity index (χ0) is 14.6. The molecule has 0 aliphatic heterocycles. The van der Waals surface area contributed by atoms with Gasteiger partial charge in [-0.1, -0.05) is 19.8 Å². The Labute approximate surface area is 119 Å². The Bertz CT molecular complexity index is 295. The summed E-state index contributed by atoms with van der Waals surface area (Å²) in [7, 11) is 0. The average Bonchev–Trinajstić information content (AvgIpc) is 2.83. The van der Waals surface area contributed by atoms with Crippen LogP contribution in [0.25, 0.3) is 0 Å². The van der Waals surface area contributed by atoms with Crippen molar-refractivity contribution in [1.82, 2.24) is 5.32 Å². The molecule has 0 aromatic heterocycles. The van der Waals surface area contributed by atoms with Crippen molar-refractivity contribution >= 4 is 0 Å². The van der Waals surface area contributed by atoms with Crippen LogP contribution in [0.4, 0.5) is 13.2 Å². The summed E-state index contributed by atoms with van der Waals surface area (Å²) in [6, 6.07) is 0.894. The molecule has 0 saturated heterocycles. The number of hydrogen-bond acceptors (Lipinski definition) is 2. The first-order valence-electron chi connectivity index (χ1n) is 7.92. The summed E-state index contributed by atoms with van der Waals surface area (Å²) in [5, 5.41) is 3.68. The first kappa shape index (κ1) is 16.1. The van der Waals surface area contributed by atoms with Gasteiger partial charge in [0.1, 0.15) is 6.61 Å². The van der Waals surface area contributed by atoms with E-state index in [1.165, 1.54) is 25.7 Å². The summed E-state index contributed by atoms with van der Waals surface area (Å²) in [5.41, 5.74) is 0. The predicted molar refractivity (Wildman–Crippen MR) is 72.6 cm³/mol. The van der Waals surface area contributed by atoms with Gasteiger partial charge in [-0.15, -0.1) is 0 Å². The number of hydrogen-bond donors (Lipinski definition) is 1. The lowest BCUT2D eigenvalue weighted by Crippen LogP contribution is -2.44. The van der Waals surface area contributed by atoms with E-state index in [0.29, 0.717) is 12.1 Å². The van der Waals surface area contributed by atoms with E-state index in [4.69, 9.17) is 4.74 Å². The zero-order valence-corrected chi connectivity index (χ0v) is 12.2. The van der Waals surface area contributed by atoms with Crippen LogP contribution in [0, 0.1) is 5.92 Å². The fourth-order valence-corrected chi connectivity index (χ4v) is 3.71. The molecule has 4 atom stereocenters. The third-order valence-corrected chi connectivity index (χ3v) is 4.74. The zero-order valence-electron chi connectivity index (χ0n) is 12.2. The molecule has 2 fully saturated rings. The molecule has 2 saturated carbocycles. The lowest BCUT2D eigenvalue weighted by molar-refractivity contribution is -0.188. The first-order chi connectivity index (χ1) is 9.48. The van der Waals surface area contributed by atoms with Gasteiger partial charge in [0, 0.05) is 12.1 Å². The van der Waals surface area contributed by atoms with Gasteiger partial charge >= 0.3 is 6.18 Å². The minimum Gasteiger partial charge on any atom is -0.369 e. The predicted octanol–water partition coefficient (Wildman–Crippen LogP) is 4.04. The van der Waals surface area contributed by atoms with Crippen LogP contribution in [0.5, 0.6) is 0 Å². The van der Waals surface area contributed by atoms with E-state index in [0.717, 1.165) is 31.6 Å². The SMILES string of the molecule is CCC1CCCC1NC1CCCC(OCC(F)(F)F)C1. The van der Waals surface area contributed by atoms with Crippen molar-refractivity contribution in [3.8, 4) is 0 Å². The van der Waals surface area contributed by atoms with Gasteiger partial charge in [-0.3, -0.25) is 0 Å². The number of alkyl halides is 3. The van der Waals surface area contributed by atoms with Crippen molar-refractivity contribution in [2.24, 2.45) is 5.92 Å². The maximum atomic E-state index is 12.2. The smallest absolute Gasteiger partial charge is 0.369 e. The third kappa shape index (κ3) is 4.92. The summed E-state index contributed by atoms with van der Waals surface area (Å²) in [6.45, 7) is 1.12. The molecular weight excluding hydrogens is 267 g/mol. The first-order valence-corrected chi connectivity index (χ1v) is 7.92. The van der Waals surface area contributed by atoms with Crippen LogP contribution in [-0.4, -0.2) is 31.0 Å². The van der Waals surface area contributed by atoms with Crippen molar-refractivity contribution in [3.63, 3.8) is 0 Å². The second-order valence-electron chi connectivity index (χ2n) is 6.28. The van der Waals surface area contributed by atoms with Crippen molar-refractivity contribution < 1.29 is 17.9 Å². The molecule has 1 N–H and O–H groups in total. The number of halogens is 3. The van der Waals surface area contributed by atoms with Crippen LogP contribution in [-0.2, 0) is 4.74 Å². The Hall–Kier alpha value is -0.290. The molecular formula is C15H26F3NO. The average molecular weight is 293 g/mol. The third-order valence-electron chi connectivity index (χ3n) is 4.74. The Morgan fingerprint density at radius 1 is 1.10 bits per heavy atom. The molecule has 20 heavy (non-hydrogen) atoms. The van der Waals surface area contributed by atoms with Crippen LogP contribution in [0.2, 0.25) is 0 Å². The Balaban J connectivity index is 1.75. The summed E-state index contributed by atoms with van der Waals surface area (Å²) in [6.07, 6.45) is 4.04. The molecule has 118 valence electrons. The van der Waals surface area contributed by atoms with E-state index in [-0.39, 0.29) is 6.10 Å². The number of rotatable bonds is 5. The van der Waals surface area contributed by atoms with E-state index in [1.807, 2.05) is 0 Å². The standard InChI is InChI=1S/C15H26F3NO/c1-2-11-5-3-8-14(11)19-12-6-4-7-13(9-12)20-10-15(16,17)18/h11-14,19H,2-10H2,1H3. The molecule has 0 spiro atoms. The van der Waals surface area contributed by atoms with E-state index in [9.17, 15) is 13.2 Å². The monoisotopic (exact) mass is 293 g/mol. The molecule has 0 radical (unpaired) electrons. The molecule has 2 rings (SSSR count). The lowest BCUT2D eigenvalue weighted by atomic mass is 9.91. The van der Waals surface area contributed by atoms with Gasteiger partial charge in [0.15, 0.2) is 0 Å². The van der Waals surface area contributed by atoms with Crippen LogP contribution >= 0.6 is 0 Å². The Morgan fingerprint density at radius 2 is 1.85 bits per heavy atom. The highest BCUT2D eigenvalue weighted by molar-refractivity contribution is 4.87. The van der Waals surface area contributed by atoms with E-state index in [2.05, 4.69) is 12.2 Å². The molecule has 0 heterocycles. The second kappa shape index (κ2) is 7.12. The van der Waals surface area contributed by atoms with Crippen molar-refractivity contribution in [2.75, 3.05) is 6.61 Å².